The predicted molar refractivity (Wildman–Crippen MR) is 156 cm³/mol. The lowest BCUT2D eigenvalue weighted by Gasteiger charge is -2.34. The Hall–Kier alpha value is -2.52. The monoisotopic (exact) mass is 561 g/mol. The highest BCUT2D eigenvalue weighted by Gasteiger charge is 2.40. The summed E-state index contributed by atoms with van der Waals surface area (Å²) in [4.78, 5) is 30.6. The number of nitrogens with one attached hydrogen (secondary N) is 1. The van der Waals surface area contributed by atoms with Gasteiger partial charge < -0.3 is 34.1 Å². The van der Waals surface area contributed by atoms with E-state index in [0.717, 1.165) is 19.3 Å². The first-order valence-electron chi connectivity index (χ1n) is 14.9. The lowest BCUT2D eigenvalue weighted by Crippen LogP contribution is -2.49. The fourth-order valence-electron chi connectivity index (χ4n) is 5.55. The molecule has 9 heteroatoms. The van der Waals surface area contributed by atoms with Crippen molar-refractivity contribution in [2.45, 2.75) is 96.9 Å². The van der Waals surface area contributed by atoms with Crippen LogP contribution in [0.5, 0.6) is 11.5 Å². The van der Waals surface area contributed by atoms with Crippen molar-refractivity contribution < 1.29 is 28.5 Å². The molecule has 9 nitrogen and oxygen atoms in total. The third-order valence-electron chi connectivity index (χ3n) is 7.62. The molecular formula is C31H51N3O6. The number of ether oxygens (including phenoxy) is 4. The van der Waals surface area contributed by atoms with Gasteiger partial charge >= 0.3 is 6.09 Å². The van der Waals surface area contributed by atoms with Crippen LogP contribution in [-0.2, 0) is 9.47 Å². The molecule has 2 fully saturated rings. The predicted octanol–water partition coefficient (Wildman–Crippen LogP) is 5.12. The molecule has 1 heterocycles. The van der Waals surface area contributed by atoms with Gasteiger partial charge in [-0.3, -0.25) is 4.79 Å². The number of rotatable bonds is 12. The van der Waals surface area contributed by atoms with E-state index in [9.17, 15) is 9.59 Å². The molecule has 3 rings (SSSR count). The molecule has 1 saturated heterocycles. The average molecular weight is 562 g/mol. The highest BCUT2D eigenvalue weighted by atomic mass is 16.6. The molecule has 1 aliphatic heterocycles. The van der Waals surface area contributed by atoms with Crippen LogP contribution in [0.1, 0.15) is 83.5 Å². The van der Waals surface area contributed by atoms with Gasteiger partial charge in [0.2, 0.25) is 0 Å². The Labute approximate surface area is 240 Å². The van der Waals surface area contributed by atoms with E-state index in [1.807, 2.05) is 39.5 Å². The van der Waals surface area contributed by atoms with Crippen LogP contribution in [0.25, 0.3) is 0 Å². The molecule has 0 bridgehead atoms. The normalized spacial score (nSPS) is 20.1. The zero-order chi connectivity index (χ0) is 29.3. The molecule has 1 saturated carbocycles. The van der Waals surface area contributed by atoms with Crippen molar-refractivity contribution in [3.8, 4) is 11.5 Å². The third kappa shape index (κ3) is 9.26. The first kappa shape index (κ1) is 32.0. The van der Waals surface area contributed by atoms with Crippen LogP contribution in [0.4, 0.5) is 4.79 Å². The van der Waals surface area contributed by atoms with Crippen LogP contribution < -0.4 is 14.8 Å². The average Bonchev–Trinajstić information content (AvgIpc) is 3.31. The van der Waals surface area contributed by atoms with E-state index in [1.165, 1.54) is 19.3 Å². The Balaban J connectivity index is 1.78. The van der Waals surface area contributed by atoms with E-state index in [2.05, 4.69) is 5.32 Å². The molecule has 1 N–H and O–H groups in total. The Morgan fingerprint density at radius 3 is 2.40 bits per heavy atom. The van der Waals surface area contributed by atoms with Crippen LogP contribution in [-0.4, -0.2) is 92.6 Å². The summed E-state index contributed by atoms with van der Waals surface area (Å²) in [5.41, 5.74) is -0.00549. The first-order chi connectivity index (χ1) is 19.0. The molecule has 0 radical (unpaired) electrons. The molecule has 2 aliphatic rings. The second kappa shape index (κ2) is 14.9. The molecule has 2 amide bonds. The van der Waals surface area contributed by atoms with Gasteiger partial charge in [0.05, 0.1) is 13.7 Å². The summed E-state index contributed by atoms with van der Waals surface area (Å²) in [7, 11) is 3.25. The molecular weight excluding hydrogens is 510 g/mol. The van der Waals surface area contributed by atoms with Crippen molar-refractivity contribution in [1.82, 2.24) is 15.1 Å². The minimum Gasteiger partial charge on any atom is -0.493 e. The zero-order valence-corrected chi connectivity index (χ0v) is 25.7. The largest absolute Gasteiger partial charge is 0.493 e. The second-order valence-electron chi connectivity index (χ2n) is 12.4. The van der Waals surface area contributed by atoms with E-state index in [-0.39, 0.29) is 30.0 Å². The van der Waals surface area contributed by atoms with Crippen molar-refractivity contribution in [1.29, 1.82) is 0 Å². The Morgan fingerprint density at radius 1 is 1.05 bits per heavy atom. The number of methoxy groups -OCH3 is 2. The topological polar surface area (TPSA) is 89.6 Å². The summed E-state index contributed by atoms with van der Waals surface area (Å²) < 4.78 is 22.2. The fraction of sp³-hybridized carbons (Fsp3) is 0.742. The van der Waals surface area contributed by atoms with Crippen molar-refractivity contribution in [3.63, 3.8) is 0 Å². The summed E-state index contributed by atoms with van der Waals surface area (Å²) in [6.07, 6.45) is 6.50. The van der Waals surface area contributed by atoms with E-state index in [1.54, 1.807) is 37.3 Å². The van der Waals surface area contributed by atoms with Gasteiger partial charge in [-0.15, -0.1) is 0 Å². The Kier molecular flexibility index (Phi) is 11.9. The van der Waals surface area contributed by atoms with E-state index in [0.29, 0.717) is 56.0 Å². The van der Waals surface area contributed by atoms with Gasteiger partial charge in [-0.05, 0) is 65.7 Å². The highest BCUT2D eigenvalue weighted by molar-refractivity contribution is 5.95. The minimum atomic E-state index is -0.556. The van der Waals surface area contributed by atoms with E-state index < -0.39 is 5.60 Å². The summed E-state index contributed by atoms with van der Waals surface area (Å²) >= 11 is 0. The number of carbonyl (C=O) groups excluding carboxylic acids is 2. The van der Waals surface area contributed by atoms with Crippen LogP contribution in [0.3, 0.4) is 0 Å². The number of likely N-dealkylation sites (tertiary alicyclic amines) is 1. The van der Waals surface area contributed by atoms with Gasteiger partial charge in [0.25, 0.3) is 5.91 Å². The highest BCUT2D eigenvalue weighted by Crippen LogP contribution is 2.30. The molecule has 1 aromatic rings. The molecule has 2 atom stereocenters. The first-order valence-corrected chi connectivity index (χ1v) is 14.9. The van der Waals surface area contributed by atoms with Gasteiger partial charge in [-0.1, -0.05) is 19.3 Å². The second-order valence-corrected chi connectivity index (χ2v) is 12.4. The van der Waals surface area contributed by atoms with Gasteiger partial charge in [-0.25, -0.2) is 4.79 Å². The van der Waals surface area contributed by atoms with Crippen molar-refractivity contribution in [3.05, 3.63) is 23.8 Å². The van der Waals surface area contributed by atoms with Crippen LogP contribution in [0.2, 0.25) is 0 Å². The molecule has 0 spiro atoms. The lowest BCUT2D eigenvalue weighted by atomic mass is 9.93. The summed E-state index contributed by atoms with van der Waals surface area (Å²) in [6.45, 7) is 12.5. The molecule has 226 valence electrons. The Bertz CT molecular complexity index is 957. The summed E-state index contributed by atoms with van der Waals surface area (Å²) in [5.74, 6) is 1.16. The number of hydrogen-bond acceptors (Lipinski definition) is 7. The van der Waals surface area contributed by atoms with Crippen molar-refractivity contribution in [2.75, 3.05) is 47.1 Å². The SMILES string of the molecule is COCCCOc1cc(C(=O)N(C[C@H]2CN(C(=O)OC(C)(C)C)C[C@H]2NC2CCCCC2)C(C)C)ccc1OC. The number of carbonyl (C=O) groups is 2. The van der Waals surface area contributed by atoms with E-state index >= 15 is 0 Å². The number of benzene rings is 1. The maximum absolute atomic E-state index is 13.9. The fourth-order valence-corrected chi connectivity index (χ4v) is 5.55. The summed E-state index contributed by atoms with van der Waals surface area (Å²) in [5, 5.41) is 3.86. The quantitative estimate of drug-likeness (QED) is 0.354. The summed E-state index contributed by atoms with van der Waals surface area (Å²) in [6, 6.07) is 5.86. The maximum atomic E-state index is 13.9. The molecule has 1 aromatic carbocycles. The van der Waals surface area contributed by atoms with Crippen LogP contribution in [0, 0.1) is 5.92 Å². The minimum absolute atomic E-state index is 0.0217. The van der Waals surface area contributed by atoms with Gasteiger partial charge in [-0.2, -0.15) is 0 Å². The van der Waals surface area contributed by atoms with Gasteiger partial charge in [0.15, 0.2) is 11.5 Å². The molecule has 0 aromatic heterocycles. The van der Waals surface area contributed by atoms with Gasteiger partial charge in [0.1, 0.15) is 5.60 Å². The van der Waals surface area contributed by atoms with Crippen molar-refractivity contribution in [2.24, 2.45) is 5.92 Å². The smallest absolute Gasteiger partial charge is 0.410 e. The van der Waals surface area contributed by atoms with Crippen LogP contribution >= 0.6 is 0 Å². The zero-order valence-electron chi connectivity index (χ0n) is 25.7. The lowest BCUT2D eigenvalue weighted by molar-refractivity contribution is 0.0282. The van der Waals surface area contributed by atoms with Crippen LogP contribution in [0.15, 0.2) is 18.2 Å². The standard InChI is InChI=1S/C31H51N3O6/c1-22(2)34(29(35)23-14-15-27(38-7)28(18-23)39-17-11-16-37-6)20-24-19-33(30(36)40-31(3,4)5)21-26(24)32-25-12-9-8-10-13-25/h14-15,18,22,24-26,32H,8-13,16-17,19-21H2,1-7H3/t24-,26-/m1/s1. The number of nitrogens with zero attached hydrogens (tertiary/aromatic N) is 2. The maximum Gasteiger partial charge on any atom is 0.410 e. The van der Waals surface area contributed by atoms with E-state index in [4.69, 9.17) is 18.9 Å². The number of amides is 2. The Morgan fingerprint density at radius 2 is 1.77 bits per heavy atom. The number of hydrogen-bond donors (Lipinski definition) is 1. The third-order valence-corrected chi connectivity index (χ3v) is 7.62. The van der Waals surface area contributed by atoms with Gasteiger partial charge in [0, 0.05) is 69.4 Å². The molecule has 40 heavy (non-hydrogen) atoms. The molecule has 0 unspecified atom stereocenters. The van der Waals surface area contributed by atoms with Crippen molar-refractivity contribution >= 4 is 12.0 Å². The molecule has 1 aliphatic carbocycles.